The van der Waals surface area contributed by atoms with Gasteiger partial charge in [-0.2, -0.15) is 0 Å². The summed E-state index contributed by atoms with van der Waals surface area (Å²) in [7, 11) is 0. The summed E-state index contributed by atoms with van der Waals surface area (Å²) in [5.74, 6) is 0.709. The van der Waals surface area contributed by atoms with Crippen LogP contribution < -0.4 is 5.32 Å². The van der Waals surface area contributed by atoms with Crippen LogP contribution in [0, 0.1) is 5.92 Å². The van der Waals surface area contributed by atoms with E-state index in [2.05, 4.69) is 43.3 Å². The van der Waals surface area contributed by atoms with Gasteiger partial charge in [-0.25, -0.2) is 4.98 Å². The van der Waals surface area contributed by atoms with Crippen molar-refractivity contribution in [3.8, 4) is 0 Å². The molecular weight excluding hydrogens is 278 g/mol. The number of nitrogens with zero attached hydrogens (tertiary/aromatic N) is 2. The van der Waals surface area contributed by atoms with Crippen molar-refractivity contribution >= 4 is 11.3 Å². The fraction of sp³-hybridized carbons (Fsp3) is 0.824. The zero-order valence-corrected chi connectivity index (χ0v) is 14.9. The third-order valence-electron chi connectivity index (χ3n) is 4.14. The molecule has 4 heteroatoms. The average Bonchev–Trinajstić information content (AvgIpc) is 3.17. The molecule has 3 nitrogen and oxygen atoms in total. The maximum atomic E-state index is 4.82. The Bertz CT molecular complexity index is 408. The molecule has 120 valence electrons. The molecule has 0 radical (unpaired) electrons. The molecule has 1 fully saturated rings. The minimum Gasteiger partial charge on any atom is -0.308 e. The van der Waals surface area contributed by atoms with Crippen molar-refractivity contribution in [1.29, 1.82) is 0 Å². The average molecular weight is 310 g/mol. The molecule has 0 aromatic carbocycles. The highest BCUT2D eigenvalue weighted by molar-refractivity contribution is 7.09. The van der Waals surface area contributed by atoms with Crippen LogP contribution in [0.15, 0.2) is 5.38 Å². The lowest BCUT2D eigenvalue weighted by Crippen LogP contribution is -2.36. The van der Waals surface area contributed by atoms with Crippen LogP contribution in [0.4, 0.5) is 0 Å². The highest BCUT2D eigenvalue weighted by Gasteiger charge is 2.21. The lowest BCUT2D eigenvalue weighted by molar-refractivity contribution is 0.156. The monoisotopic (exact) mass is 309 g/mol. The molecular formula is C17H31N3S. The minimum absolute atomic E-state index is 0.683. The molecule has 1 aliphatic carbocycles. The van der Waals surface area contributed by atoms with E-state index < -0.39 is 0 Å². The standard InChI is InChI=1S/C17H31N3S/c1-5-16(6-2)20(10-13(3)4)11-15-12-21-17(19-15)9-18-14-7-8-14/h12-14,16,18H,5-11H2,1-4H3. The summed E-state index contributed by atoms with van der Waals surface area (Å²) in [5, 5.41) is 7.04. The van der Waals surface area contributed by atoms with E-state index in [4.69, 9.17) is 4.98 Å². The van der Waals surface area contributed by atoms with E-state index in [1.165, 1.54) is 42.9 Å². The molecule has 1 aromatic rings. The molecule has 0 aliphatic heterocycles. The summed E-state index contributed by atoms with van der Waals surface area (Å²) in [4.78, 5) is 7.45. The highest BCUT2D eigenvalue weighted by atomic mass is 32.1. The predicted molar refractivity (Wildman–Crippen MR) is 91.6 cm³/mol. The van der Waals surface area contributed by atoms with Gasteiger partial charge in [0.2, 0.25) is 0 Å². The van der Waals surface area contributed by atoms with E-state index in [1.54, 1.807) is 11.3 Å². The quantitative estimate of drug-likeness (QED) is 0.707. The van der Waals surface area contributed by atoms with Crippen LogP contribution in [0.5, 0.6) is 0 Å². The third-order valence-corrected chi connectivity index (χ3v) is 5.04. The van der Waals surface area contributed by atoms with Crippen LogP contribution in [-0.4, -0.2) is 28.5 Å². The number of rotatable bonds is 10. The Morgan fingerprint density at radius 3 is 2.62 bits per heavy atom. The molecule has 0 bridgehead atoms. The van der Waals surface area contributed by atoms with Gasteiger partial charge in [0.25, 0.3) is 0 Å². The zero-order chi connectivity index (χ0) is 15.2. The molecule has 1 heterocycles. The second-order valence-corrected chi connectivity index (χ2v) is 7.62. The molecule has 1 aliphatic rings. The third kappa shape index (κ3) is 5.68. The number of thiazole rings is 1. The first-order chi connectivity index (χ1) is 10.1. The van der Waals surface area contributed by atoms with Crippen molar-refractivity contribution in [3.63, 3.8) is 0 Å². The van der Waals surface area contributed by atoms with E-state index >= 15 is 0 Å². The number of hydrogen-bond acceptors (Lipinski definition) is 4. The maximum Gasteiger partial charge on any atom is 0.107 e. The van der Waals surface area contributed by atoms with Gasteiger partial charge in [0.15, 0.2) is 0 Å². The predicted octanol–water partition coefficient (Wildman–Crippen LogP) is 4.04. The molecule has 1 saturated carbocycles. The van der Waals surface area contributed by atoms with Crippen LogP contribution >= 0.6 is 11.3 Å². The van der Waals surface area contributed by atoms with Gasteiger partial charge in [0, 0.05) is 37.1 Å². The SMILES string of the molecule is CCC(CC)N(Cc1csc(CNC2CC2)n1)CC(C)C. The van der Waals surface area contributed by atoms with Crippen molar-refractivity contribution in [1.82, 2.24) is 15.2 Å². The lowest BCUT2D eigenvalue weighted by atomic mass is 10.1. The largest absolute Gasteiger partial charge is 0.308 e. The summed E-state index contributed by atoms with van der Waals surface area (Å²) in [6.45, 7) is 12.3. The van der Waals surface area contributed by atoms with Crippen LogP contribution in [0.25, 0.3) is 0 Å². The summed E-state index contributed by atoms with van der Waals surface area (Å²) in [6.07, 6.45) is 5.14. The first-order valence-electron chi connectivity index (χ1n) is 8.53. The first kappa shape index (κ1) is 16.9. The molecule has 2 rings (SSSR count). The van der Waals surface area contributed by atoms with Gasteiger partial charge in [-0.15, -0.1) is 11.3 Å². The number of nitrogens with one attached hydrogen (secondary N) is 1. The van der Waals surface area contributed by atoms with Gasteiger partial charge in [-0.1, -0.05) is 27.7 Å². The van der Waals surface area contributed by atoms with Crippen molar-refractivity contribution in [2.24, 2.45) is 5.92 Å². The lowest BCUT2D eigenvalue weighted by Gasteiger charge is -2.31. The minimum atomic E-state index is 0.683. The molecule has 0 saturated heterocycles. The van der Waals surface area contributed by atoms with Gasteiger partial charge >= 0.3 is 0 Å². The Morgan fingerprint density at radius 2 is 2.05 bits per heavy atom. The van der Waals surface area contributed by atoms with Crippen LogP contribution in [0.2, 0.25) is 0 Å². The molecule has 21 heavy (non-hydrogen) atoms. The normalized spacial score (nSPS) is 15.6. The second-order valence-electron chi connectivity index (χ2n) is 6.68. The molecule has 0 atom stereocenters. The first-order valence-corrected chi connectivity index (χ1v) is 9.41. The van der Waals surface area contributed by atoms with Gasteiger partial charge in [0.1, 0.15) is 5.01 Å². The maximum absolute atomic E-state index is 4.82. The van der Waals surface area contributed by atoms with Crippen molar-refractivity contribution in [2.75, 3.05) is 6.54 Å². The van der Waals surface area contributed by atoms with E-state index in [0.717, 1.165) is 19.1 Å². The summed E-state index contributed by atoms with van der Waals surface area (Å²) in [6, 6.07) is 1.45. The fourth-order valence-corrected chi connectivity index (χ4v) is 3.58. The summed E-state index contributed by atoms with van der Waals surface area (Å²) >= 11 is 1.81. The van der Waals surface area contributed by atoms with Gasteiger partial charge in [0.05, 0.1) is 5.69 Å². The Labute approximate surface area is 134 Å². The van der Waals surface area contributed by atoms with E-state index in [-0.39, 0.29) is 0 Å². The number of aromatic nitrogens is 1. The zero-order valence-electron chi connectivity index (χ0n) is 14.1. The number of hydrogen-bond donors (Lipinski definition) is 1. The Hall–Kier alpha value is -0.450. The summed E-state index contributed by atoms with van der Waals surface area (Å²) in [5.41, 5.74) is 1.25. The van der Waals surface area contributed by atoms with E-state index in [9.17, 15) is 0 Å². The smallest absolute Gasteiger partial charge is 0.107 e. The van der Waals surface area contributed by atoms with Crippen LogP contribution in [-0.2, 0) is 13.1 Å². The van der Waals surface area contributed by atoms with Gasteiger partial charge in [-0.3, -0.25) is 4.90 Å². The molecule has 1 aromatic heterocycles. The molecule has 1 N–H and O–H groups in total. The Kier molecular flexibility index (Phi) is 6.65. The van der Waals surface area contributed by atoms with Crippen LogP contribution in [0.1, 0.15) is 64.1 Å². The Morgan fingerprint density at radius 1 is 1.33 bits per heavy atom. The molecule has 0 spiro atoms. The van der Waals surface area contributed by atoms with Gasteiger partial charge in [-0.05, 0) is 31.6 Å². The summed E-state index contributed by atoms with van der Waals surface area (Å²) < 4.78 is 0. The van der Waals surface area contributed by atoms with Crippen molar-refractivity contribution in [3.05, 3.63) is 16.1 Å². The van der Waals surface area contributed by atoms with Gasteiger partial charge < -0.3 is 5.32 Å². The van der Waals surface area contributed by atoms with E-state index in [0.29, 0.717) is 12.0 Å². The van der Waals surface area contributed by atoms with Crippen LogP contribution in [0.3, 0.4) is 0 Å². The molecule has 0 amide bonds. The Balaban J connectivity index is 1.91. The van der Waals surface area contributed by atoms with E-state index in [1.807, 2.05) is 0 Å². The second kappa shape index (κ2) is 8.25. The molecule has 0 unspecified atom stereocenters. The topological polar surface area (TPSA) is 28.2 Å². The fourth-order valence-electron chi connectivity index (χ4n) is 2.85. The highest BCUT2D eigenvalue weighted by Crippen LogP contribution is 2.21. The van der Waals surface area contributed by atoms with Crippen molar-refractivity contribution < 1.29 is 0 Å². The van der Waals surface area contributed by atoms with Crippen molar-refractivity contribution in [2.45, 2.75) is 78.6 Å².